The Hall–Kier alpha value is -1.19. The van der Waals surface area contributed by atoms with Crippen molar-refractivity contribution in [3.05, 3.63) is 51.5 Å². The van der Waals surface area contributed by atoms with Crippen molar-refractivity contribution in [2.75, 3.05) is 0 Å². The van der Waals surface area contributed by atoms with Gasteiger partial charge in [0.2, 0.25) is 0 Å². The molecule has 3 heteroatoms. The van der Waals surface area contributed by atoms with Crippen LogP contribution in [0, 0.1) is 20.8 Å². The summed E-state index contributed by atoms with van der Waals surface area (Å²) in [4.78, 5) is 0.934. The van der Waals surface area contributed by atoms with Gasteiger partial charge < -0.3 is 5.11 Å². The van der Waals surface area contributed by atoms with E-state index in [1.807, 2.05) is 25.1 Å². The second-order valence-electron chi connectivity index (χ2n) is 4.12. The number of benzene rings is 1. The van der Waals surface area contributed by atoms with E-state index in [0.717, 1.165) is 16.0 Å². The first kappa shape index (κ1) is 11.3. The lowest BCUT2D eigenvalue weighted by atomic mass is 10.0. The van der Waals surface area contributed by atoms with Crippen LogP contribution in [0.3, 0.4) is 0 Å². The second kappa shape index (κ2) is 4.36. The summed E-state index contributed by atoms with van der Waals surface area (Å²) in [5.74, 6) is 0. The van der Waals surface area contributed by atoms with Crippen LogP contribution >= 0.6 is 11.5 Å². The Morgan fingerprint density at radius 2 is 1.88 bits per heavy atom. The van der Waals surface area contributed by atoms with E-state index in [-0.39, 0.29) is 0 Å². The Kier molecular flexibility index (Phi) is 3.08. The van der Waals surface area contributed by atoms with Gasteiger partial charge in [0.1, 0.15) is 6.10 Å². The van der Waals surface area contributed by atoms with Crippen LogP contribution in [0.5, 0.6) is 0 Å². The highest BCUT2D eigenvalue weighted by Crippen LogP contribution is 2.28. The molecule has 84 valence electrons. The minimum absolute atomic E-state index is 0.549. The molecule has 0 aliphatic heterocycles. The van der Waals surface area contributed by atoms with Gasteiger partial charge in [-0.1, -0.05) is 18.2 Å². The molecule has 0 saturated heterocycles. The molecule has 2 rings (SSSR count). The summed E-state index contributed by atoms with van der Waals surface area (Å²) in [5, 5.41) is 10.2. The summed E-state index contributed by atoms with van der Waals surface area (Å²) < 4.78 is 4.09. The van der Waals surface area contributed by atoms with Crippen molar-refractivity contribution in [3.63, 3.8) is 0 Å². The zero-order chi connectivity index (χ0) is 11.7. The third kappa shape index (κ3) is 2.01. The second-order valence-corrected chi connectivity index (χ2v) is 4.95. The van der Waals surface area contributed by atoms with Gasteiger partial charge in [0.25, 0.3) is 0 Å². The molecule has 1 atom stereocenters. The lowest BCUT2D eigenvalue weighted by Crippen LogP contribution is -1.99. The van der Waals surface area contributed by atoms with Crippen LogP contribution < -0.4 is 0 Å². The number of aryl methyl sites for hydroxylation is 3. The number of hydrogen-bond donors (Lipinski definition) is 1. The molecule has 1 heterocycles. The molecule has 1 aromatic carbocycles. The zero-order valence-corrected chi connectivity index (χ0v) is 10.5. The fraction of sp³-hybridized carbons (Fsp3) is 0.308. The molecule has 2 nitrogen and oxygen atoms in total. The highest BCUT2D eigenvalue weighted by Gasteiger charge is 2.15. The van der Waals surface area contributed by atoms with E-state index in [4.69, 9.17) is 0 Å². The maximum atomic E-state index is 10.2. The average molecular weight is 233 g/mol. The van der Waals surface area contributed by atoms with Gasteiger partial charge in [-0.25, -0.2) is 4.37 Å². The molecule has 0 aliphatic rings. The minimum atomic E-state index is -0.549. The first-order valence-corrected chi connectivity index (χ1v) is 6.03. The standard InChI is InChI=1S/C13H15NOS/c1-8-4-5-11(6-9(8)2)12(15)13-10(3)7-14-16-13/h4-7,12,15H,1-3H3/t12-/m0/s1. The number of aromatic nitrogens is 1. The predicted octanol–water partition coefficient (Wildman–Crippen LogP) is 3.15. The van der Waals surface area contributed by atoms with Gasteiger partial charge >= 0.3 is 0 Å². The van der Waals surface area contributed by atoms with Crippen LogP contribution in [0.15, 0.2) is 24.4 Å². The molecule has 1 aromatic heterocycles. The molecule has 0 unspecified atom stereocenters. The maximum absolute atomic E-state index is 10.2. The number of hydrogen-bond acceptors (Lipinski definition) is 3. The number of nitrogens with zero attached hydrogens (tertiary/aromatic N) is 1. The third-order valence-corrected chi connectivity index (χ3v) is 3.83. The molecular weight excluding hydrogens is 218 g/mol. The van der Waals surface area contributed by atoms with Crippen LogP contribution in [-0.2, 0) is 0 Å². The Bertz CT molecular complexity index is 504. The van der Waals surface area contributed by atoms with Gasteiger partial charge in [0.05, 0.1) is 4.88 Å². The smallest absolute Gasteiger partial charge is 0.115 e. The molecule has 0 spiro atoms. The van der Waals surface area contributed by atoms with Crippen molar-refractivity contribution in [1.82, 2.24) is 4.37 Å². The Morgan fingerprint density at radius 1 is 1.12 bits per heavy atom. The van der Waals surface area contributed by atoms with Gasteiger partial charge in [-0.05, 0) is 54.6 Å². The van der Waals surface area contributed by atoms with E-state index >= 15 is 0 Å². The topological polar surface area (TPSA) is 33.1 Å². The summed E-state index contributed by atoms with van der Waals surface area (Å²) in [5.41, 5.74) is 4.45. The fourth-order valence-electron chi connectivity index (χ4n) is 1.65. The van der Waals surface area contributed by atoms with Gasteiger partial charge in [-0.15, -0.1) is 0 Å². The van der Waals surface area contributed by atoms with Crippen LogP contribution in [-0.4, -0.2) is 9.48 Å². The van der Waals surface area contributed by atoms with Crippen molar-refractivity contribution < 1.29 is 5.11 Å². The lowest BCUT2D eigenvalue weighted by molar-refractivity contribution is 0.223. The Morgan fingerprint density at radius 3 is 2.44 bits per heavy atom. The monoisotopic (exact) mass is 233 g/mol. The first-order valence-electron chi connectivity index (χ1n) is 5.26. The van der Waals surface area contributed by atoms with E-state index in [0.29, 0.717) is 0 Å². The molecule has 2 aromatic rings. The summed E-state index contributed by atoms with van der Waals surface area (Å²) in [6.07, 6.45) is 1.25. The quantitative estimate of drug-likeness (QED) is 0.864. The van der Waals surface area contributed by atoms with Crippen LogP contribution in [0.25, 0.3) is 0 Å². The first-order chi connectivity index (χ1) is 7.59. The highest BCUT2D eigenvalue weighted by molar-refractivity contribution is 7.06. The van der Waals surface area contributed by atoms with Crippen molar-refractivity contribution in [3.8, 4) is 0 Å². The molecule has 1 N–H and O–H groups in total. The third-order valence-electron chi connectivity index (χ3n) is 2.88. The minimum Gasteiger partial charge on any atom is -0.383 e. The lowest BCUT2D eigenvalue weighted by Gasteiger charge is -2.11. The average Bonchev–Trinajstić information content (AvgIpc) is 2.67. The molecule has 0 fully saturated rings. The van der Waals surface area contributed by atoms with Crippen LogP contribution in [0.4, 0.5) is 0 Å². The number of rotatable bonds is 2. The summed E-state index contributed by atoms with van der Waals surface area (Å²) >= 11 is 1.36. The molecule has 16 heavy (non-hydrogen) atoms. The van der Waals surface area contributed by atoms with Crippen LogP contribution in [0.2, 0.25) is 0 Å². The Labute approximate surface area is 99.7 Å². The molecule has 0 radical (unpaired) electrons. The van der Waals surface area contributed by atoms with Gasteiger partial charge in [0, 0.05) is 6.20 Å². The normalized spacial score (nSPS) is 12.8. The van der Waals surface area contributed by atoms with E-state index in [1.54, 1.807) is 6.20 Å². The van der Waals surface area contributed by atoms with E-state index in [1.165, 1.54) is 22.7 Å². The van der Waals surface area contributed by atoms with Crippen molar-refractivity contribution in [1.29, 1.82) is 0 Å². The fourth-order valence-corrected chi connectivity index (χ4v) is 2.41. The maximum Gasteiger partial charge on any atom is 0.115 e. The van der Waals surface area contributed by atoms with Crippen molar-refractivity contribution in [2.45, 2.75) is 26.9 Å². The van der Waals surface area contributed by atoms with Gasteiger partial charge in [-0.2, -0.15) is 0 Å². The molecule has 0 saturated carbocycles. The zero-order valence-electron chi connectivity index (χ0n) is 9.69. The van der Waals surface area contributed by atoms with Gasteiger partial charge in [0.15, 0.2) is 0 Å². The highest BCUT2D eigenvalue weighted by atomic mass is 32.1. The van der Waals surface area contributed by atoms with Crippen molar-refractivity contribution >= 4 is 11.5 Å². The largest absolute Gasteiger partial charge is 0.383 e. The Balaban J connectivity index is 2.38. The van der Waals surface area contributed by atoms with Crippen molar-refractivity contribution in [2.24, 2.45) is 0 Å². The summed E-state index contributed by atoms with van der Waals surface area (Å²) in [6, 6.07) is 6.07. The molecule has 0 amide bonds. The van der Waals surface area contributed by atoms with E-state index < -0.39 is 6.10 Å². The number of aliphatic hydroxyl groups is 1. The van der Waals surface area contributed by atoms with Crippen LogP contribution in [0.1, 0.15) is 33.2 Å². The summed E-state index contributed by atoms with van der Waals surface area (Å²) in [6.45, 7) is 6.11. The predicted molar refractivity (Wildman–Crippen MR) is 66.8 cm³/mol. The van der Waals surface area contributed by atoms with Gasteiger partial charge in [-0.3, -0.25) is 0 Å². The SMILES string of the molecule is Cc1ccc([C@H](O)c2sncc2C)cc1C. The molecule has 0 aliphatic carbocycles. The molecular formula is C13H15NOS. The summed E-state index contributed by atoms with van der Waals surface area (Å²) in [7, 11) is 0. The van der Waals surface area contributed by atoms with E-state index in [9.17, 15) is 5.11 Å². The van der Waals surface area contributed by atoms with E-state index in [2.05, 4.69) is 18.2 Å². The number of aliphatic hydroxyl groups excluding tert-OH is 1. The molecule has 0 bridgehead atoms.